The standard InChI is InChI=1S/C12H19F2N5O4/c13-9-7-11(14,2-5-16)12(3-6-17,19(22)23)8(1-4-15)10(9)18(20)21/h7H,1-6,15-17H2. The molecule has 1 rings (SSSR count). The zero-order valence-electron chi connectivity index (χ0n) is 12.3. The Morgan fingerprint density at radius 3 is 2.04 bits per heavy atom. The van der Waals surface area contributed by atoms with Gasteiger partial charge < -0.3 is 17.2 Å². The van der Waals surface area contributed by atoms with Crippen LogP contribution in [0.2, 0.25) is 0 Å². The predicted octanol–water partition coefficient (Wildman–Crippen LogP) is 0.154. The van der Waals surface area contributed by atoms with Crippen LogP contribution in [0.5, 0.6) is 0 Å². The Labute approximate surface area is 130 Å². The zero-order valence-corrected chi connectivity index (χ0v) is 12.3. The molecule has 0 aromatic rings. The Balaban J connectivity index is 3.82. The number of halogens is 2. The van der Waals surface area contributed by atoms with Crippen LogP contribution in [0.4, 0.5) is 8.78 Å². The first-order valence-corrected chi connectivity index (χ1v) is 6.92. The third-order valence-electron chi connectivity index (χ3n) is 3.96. The van der Waals surface area contributed by atoms with Gasteiger partial charge in [-0.05, 0) is 26.1 Å². The molecule has 6 N–H and O–H groups in total. The number of allylic oxidation sites excluding steroid dienone is 1. The van der Waals surface area contributed by atoms with Crippen LogP contribution in [-0.4, -0.2) is 40.7 Å². The van der Waals surface area contributed by atoms with Gasteiger partial charge >= 0.3 is 5.70 Å². The zero-order chi connectivity index (χ0) is 17.8. The van der Waals surface area contributed by atoms with Gasteiger partial charge in [0.05, 0.1) is 10.5 Å². The maximum absolute atomic E-state index is 15.4. The molecule has 0 saturated heterocycles. The second-order valence-electron chi connectivity index (χ2n) is 5.17. The van der Waals surface area contributed by atoms with Gasteiger partial charge in [-0.3, -0.25) is 20.2 Å². The minimum Gasteiger partial charge on any atom is -0.330 e. The number of alkyl halides is 1. The molecule has 23 heavy (non-hydrogen) atoms. The largest absolute Gasteiger partial charge is 0.330 e. The maximum atomic E-state index is 15.4. The summed E-state index contributed by atoms with van der Waals surface area (Å²) in [5.74, 6) is -1.47. The molecule has 9 nitrogen and oxygen atoms in total. The van der Waals surface area contributed by atoms with Crippen LogP contribution in [-0.2, 0) is 0 Å². The SMILES string of the molecule is NCCC1=C([N+](=O)[O-])C(F)=CC(F)(CCN)C1(CCN)[N+](=O)[O-]. The van der Waals surface area contributed by atoms with Crippen LogP contribution in [0.1, 0.15) is 19.3 Å². The lowest BCUT2D eigenvalue weighted by atomic mass is 9.67. The van der Waals surface area contributed by atoms with E-state index in [-0.39, 0.29) is 25.7 Å². The van der Waals surface area contributed by atoms with Gasteiger partial charge in [-0.25, -0.2) is 4.39 Å². The molecule has 0 bridgehead atoms. The van der Waals surface area contributed by atoms with E-state index in [1.54, 1.807) is 0 Å². The summed E-state index contributed by atoms with van der Waals surface area (Å²) in [6.45, 7) is -0.894. The number of rotatable bonds is 8. The average molecular weight is 335 g/mol. The highest BCUT2D eigenvalue weighted by atomic mass is 19.1. The molecule has 1 aliphatic carbocycles. The number of hydrogen-bond acceptors (Lipinski definition) is 7. The van der Waals surface area contributed by atoms with Crippen molar-refractivity contribution in [1.82, 2.24) is 0 Å². The molecule has 11 heteroatoms. The maximum Gasteiger partial charge on any atom is 0.311 e. The highest BCUT2D eigenvalue weighted by Crippen LogP contribution is 2.49. The summed E-state index contributed by atoms with van der Waals surface area (Å²) < 4.78 is 29.5. The number of nitrogens with two attached hydrogens (primary N) is 3. The van der Waals surface area contributed by atoms with Crippen molar-refractivity contribution in [3.8, 4) is 0 Å². The first-order chi connectivity index (χ1) is 10.7. The fourth-order valence-electron chi connectivity index (χ4n) is 3.06. The van der Waals surface area contributed by atoms with E-state index in [1.165, 1.54) is 0 Å². The molecular weight excluding hydrogens is 316 g/mol. The van der Waals surface area contributed by atoms with Crippen molar-refractivity contribution < 1.29 is 18.6 Å². The van der Waals surface area contributed by atoms with E-state index >= 15 is 4.39 Å². The van der Waals surface area contributed by atoms with Crippen LogP contribution in [0.25, 0.3) is 0 Å². The Morgan fingerprint density at radius 1 is 1.09 bits per heavy atom. The number of nitrogens with zero attached hydrogens (tertiary/aromatic N) is 2. The highest BCUT2D eigenvalue weighted by molar-refractivity contribution is 5.43. The summed E-state index contributed by atoms with van der Waals surface area (Å²) in [4.78, 5) is 20.8. The smallest absolute Gasteiger partial charge is 0.311 e. The minimum atomic E-state index is -2.83. The third-order valence-corrected chi connectivity index (χ3v) is 3.96. The summed E-state index contributed by atoms with van der Waals surface area (Å²) in [5, 5.41) is 22.9. The molecule has 0 aromatic heterocycles. The van der Waals surface area contributed by atoms with Crippen LogP contribution in [0, 0.1) is 20.2 Å². The van der Waals surface area contributed by atoms with Crippen molar-refractivity contribution in [3.05, 3.63) is 43.4 Å². The van der Waals surface area contributed by atoms with E-state index in [0.29, 0.717) is 0 Å². The summed E-state index contributed by atoms with van der Waals surface area (Å²) >= 11 is 0. The molecule has 0 amide bonds. The molecule has 0 heterocycles. The average Bonchev–Trinajstić information content (AvgIpc) is 2.42. The van der Waals surface area contributed by atoms with E-state index in [0.717, 1.165) is 0 Å². The first kappa shape index (κ1) is 19.1. The molecule has 130 valence electrons. The summed E-state index contributed by atoms with van der Waals surface area (Å²) in [6.07, 6.45) is -1.27. The third kappa shape index (κ3) is 2.94. The van der Waals surface area contributed by atoms with Gasteiger partial charge in [-0.2, -0.15) is 4.39 Å². The van der Waals surface area contributed by atoms with Gasteiger partial charge in [0.2, 0.25) is 5.67 Å². The summed E-state index contributed by atoms with van der Waals surface area (Å²) in [5.41, 5.74) is 8.90. The molecule has 0 spiro atoms. The monoisotopic (exact) mass is 335 g/mol. The quantitative estimate of drug-likeness (QED) is 0.419. The molecule has 0 aromatic carbocycles. The Kier molecular flexibility index (Phi) is 5.86. The van der Waals surface area contributed by atoms with E-state index in [9.17, 15) is 24.6 Å². The molecule has 1 aliphatic rings. The normalized spacial score (nSPS) is 27.8. The Hall–Kier alpha value is -1.98. The van der Waals surface area contributed by atoms with E-state index in [1.807, 2.05) is 0 Å². The first-order valence-electron chi connectivity index (χ1n) is 6.92. The summed E-state index contributed by atoms with van der Waals surface area (Å²) in [6, 6.07) is 0. The molecular formula is C12H19F2N5O4. The van der Waals surface area contributed by atoms with Crippen LogP contribution in [0.15, 0.2) is 23.2 Å². The Morgan fingerprint density at radius 2 is 1.65 bits per heavy atom. The molecule has 0 fully saturated rings. The van der Waals surface area contributed by atoms with Gasteiger partial charge in [0.1, 0.15) is 0 Å². The fourth-order valence-corrected chi connectivity index (χ4v) is 3.06. The topological polar surface area (TPSA) is 164 Å². The second-order valence-corrected chi connectivity index (χ2v) is 5.17. The van der Waals surface area contributed by atoms with Crippen molar-refractivity contribution in [2.75, 3.05) is 19.6 Å². The van der Waals surface area contributed by atoms with Gasteiger partial charge in [-0.1, -0.05) is 0 Å². The summed E-state index contributed by atoms with van der Waals surface area (Å²) in [7, 11) is 0. The van der Waals surface area contributed by atoms with E-state index in [4.69, 9.17) is 17.2 Å². The molecule has 0 aliphatic heterocycles. The highest BCUT2D eigenvalue weighted by Gasteiger charge is 2.67. The molecule has 0 radical (unpaired) electrons. The van der Waals surface area contributed by atoms with E-state index < -0.39 is 57.4 Å². The van der Waals surface area contributed by atoms with Gasteiger partial charge in [0, 0.05) is 23.8 Å². The van der Waals surface area contributed by atoms with Crippen LogP contribution < -0.4 is 17.2 Å². The lowest BCUT2D eigenvalue weighted by molar-refractivity contribution is -0.579. The van der Waals surface area contributed by atoms with Crippen molar-refractivity contribution >= 4 is 0 Å². The predicted molar refractivity (Wildman–Crippen MR) is 77.8 cm³/mol. The van der Waals surface area contributed by atoms with Crippen LogP contribution in [0.3, 0.4) is 0 Å². The molecule has 2 unspecified atom stereocenters. The minimum absolute atomic E-state index is 0.251. The number of nitro groups is 2. The van der Waals surface area contributed by atoms with E-state index in [2.05, 4.69) is 0 Å². The van der Waals surface area contributed by atoms with Crippen molar-refractivity contribution in [1.29, 1.82) is 0 Å². The molecule has 0 saturated carbocycles. The number of hydrogen-bond donors (Lipinski definition) is 3. The van der Waals surface area contributed by atoms with Gasteiger partial charge in [0.25, 0.3) is 5.54 Å². The lowest BCUT2D eigenvalue weighted by Crippen LogP contribution is -2.61. The lowest BCUT2D eigenvalue weighted by Gasteiger charge is -2.39. The van der Waals surface area contributed by atoms with Crippen molar-refractivity contribution in [2.45, 2.75) is 30.5 Å². The van der Waals surface area contributed by atoms with Crippen molar-refractivity contribution in [3.63, 3.8) is 0 Å². The van der Waals surface area contributed by atoms with Gasteiger partial charge in [-0.15, -0.1) is 0 Å². The second kappa shape index (κ2) is 7.06. The Bertz CT molecular complexity index is 568. The van der Waals surface area contributed by atoms with Crippen LogP contribution >= 0.6 is 0 Å². The van der Waals surface area contributed by atoms with Crippen molar-refractivity contribution in [2.24, 2.45) is 17.2 Å². The molecule has 2 atom stereocenters. The van der Waals surface area contributed by atoms with Gasteiger partial charge in [0.15, 0.2) is 5.83 Å². The fraction of sp³-hybridized carbons (Fsp3) is 0.667.